The summed E-state index contributed by atoms with van der Waals surface area (Å²) in [4.78, 5) is 30.5. The standard InChI is InChI=1S/C15H16F3N5O3/c1-9-6-10(26-21-9)4-2-3-5-23-13(24)11-12(20-14(23)25)19-8-22(11)7-15(16,17)18/h6,8H,2-5,7H2,1H3,(H,20,25). The highest BCUT2D eigenvalue weighted by Crippen LogP contribution is 2.19. The highest BCUT2D eigenvalue weighted by molar-refractivity contribution is 5.69. The fraction of sp³-hybridized carbons (Fsp3) is 0.467. The number of halogens is 3. The lowest BCUT2D eigenvalue weighted by Gasteiger charge is -2.09. The number of imidazole rings is 1. The molecule has 3 aromatic heterocycles. The van der Waals surface area contributed by atoms with Gasteiger partial charge >= 0.3 is 11.9 Å². The monoisotopic (exact) mass is 371 g/mol. The summed E-state index contributed by atoms with van der Waals surface area (Å²) in [6.45, 7) is 0.523. The van der Waals surface area contributed by atoms with Gasteiger partial charge in [0.1, 0.15) is 12.3 Å². The van der Waals surface area contributed by atoms with E-state index in [9.17, 15) is 22.8 Å². The quantitative estimate of drug-likeness (QED) is 0.666. The largest absolute Gasteiger partial charge is 0.406 e. The van der Waals surface area contributed by atoms with Crippen LogP contribution in [0.3, 0.4) is 0 Å². The number of rotatable bonds is 6. The van der Waals surface area contributed by atoms with Gasteiger partial charge in [0, 0.05) is 19.0 Å². The first-order valence-corrected chi connectivity index (χ1v) is 7.91. The molecule has 0 fully saturated rings. The SMILES string of the molecule is Cc1cc(CCCCn2c(=O)[nH]c3ncn(CC(F)(F)F)c3c2=O)on1. The van der Waals surface area contributed by atoms with Crippen LogP contribution in [0, 0.1) is 6.92 Å². The second kappa shape index (κ2) is 6.81. The molecule has 0 aliphatic rings. The molecule has 0 bridgehead atoms. The molecule has 0 aliphatic heterocycles. The number of hydrogen-bond donors (Lipinski definition) is 1. The van der Waals surface area contributed by atoms with Crippen molar-refractivity contribution >= 4 is 11.2 Å². The Morgan fingerprint density at radius 2 is 2.04 bits per heavy atom. The van der Waals surface area contributed by atoms with Crippen LogP contribution >= 0.6 is 0 Å². The molecule has 3 heterocycles. The molecule has 0 amide bonds. The normalized spacial score (nSPS) is 12.2. The van der Waals surface area contributed by atoms with Gasteiger partial charge in [0.2, 0.25) is 0 Å². The maximum absolute atomic E-state index is 12.6. The Bertz CT molecular complexity index is 1030. The van der Waals surface area contributed by atoms with Gasteiger partial charge in [-0.2, -0.15) is 13.2 Å². The topological polar surface area (TPSA) is 98.7 Å². The highest BCUT2D eigenvalue weighted by Gasteiger charge is 2.29. The van der Waals surface area contributed by atoms with Gasteiger partial charge in [0.15, 0.2) is 11.2 Å². The molecular weight excluding hydrogens is 355 g/mol. The first-order chi connectivity index (χ1) is 12.2. The summed E-state index contributed by atoms with van der Waals surface area (Å²) in [6, 6.07) is 1.79. The number of hydrogen-bond acceptors (Lipinski definition) is 5. The van der Waals surface area contributed by atoms with Gasteiger partial charge in [-0.15, -0.1) is 0 Å². The minimum atomic E-state index is -4.50. The number of aromatic nitrogens is 5. The second-order valence-electron chi connectivity index (χ2n) is 5.96. The van der Waals surface area contributed by atoms with Crippen molar-refractivity contribution in [3.05, 3.63) is 44.7 Å². The van der Waals surface area contributed by atoms with Gasteiger partial charge in [-0.05, 0) is 19.8 Å². The third kappa shape index (κ3) is 3.86. The zero-order valence-electron chi connectivity index (χ0n) is 13.8. The molecule has 0 spiro atoms. The molecule has 11 heteroatoms. The van der Waals surface area contributed by atoms with E-state index >= 15 is 0 Å². The van der Waals surface area contributed by atoms with E-state index in [-0.39, 0.29) is 17.7 Å². The van der Waals surface area contributed by atoms with Crippen LogP contribution in [0.2, 0.25) is 0 Å². The van der Waals surface area contributed by atoms with Crippen LogP contribution in [0.1, 0.15) is 24.3 Å². The van der Waals surface area contributed by atoms with E-state index in [1.54, 1.807) is 13.0 Å². The maximum atomic E-state index is 12.6. The third-order valence-corrected chi connectivity index (χ3v) is 3.84. The van der Waals surface area contributed by atoms with Crippen molar-refractivity contribution in [3.8, 4) is 0 Å². The Kier molecular flexibility index (Phi) is 4.70. The number of fused-ring (bicyclic) bond motifs is 1. The lowest BCUT2D eigenvalue weighted by Crippen LogP contribution is -2.36. The Hall–Kier alpha value is -2.85. The summed E-state index contributed by atoms with van der Waals surface area (Å²) in [5.41, 5.74) is -1.15. The summed E-state index contributed by atoms with van der Waals surface area (Å²) in [6.07, 6.45) is -1.92. The molecule has 0 aliphatic carbocycles. The van der Waals surface area contributed by atoms with E-state index in [4.69, 9.17) is 4.52 Å². The van der Waals surface area contributed by atoms with Crippen LogP contribution in [0.15, 0.2) is 26.5 Å². The summed E-state index contributed by atoms with van der Waals surface area (Å²) in [5, 5.41) is 3.76. The van der Waals surface area contributed by atoms with Crippen molar-refractivity contribution in [3.63, 3.8) is 0 Å². The van der Waals surface area contributed by atoms with Crippen LogP contribution in [0.25, 0.3) is 11.2 Å². The molecule has 1 N–H and O–H groups in total. The predicted molar refractivity (Wildman–Crippen MR) is 84.8 cm³/mol. The minimum Gasteiger partial charge on any atom is -0.361 e. The number of alkyl halides is 3. The maximum Gasteiger partial charge on any atom is 0.406 e. The van der Waals surface area contributed by atoms with Crippen molar-refractivity contribution < 1.29 is 17.7 Å². The number of unbranched alkanes of at least 4 members (excludes halogenated alkanes) is 1. The second-order valence-corrected chi connectivity index (χ2v) is 5.96. The van der Waals surface area contributed by atoms with E-state index in [1.807, 2.05) is 0 Å². The third-order valence-electron chi connectivity index (χ3n) is 3.84. The van der Waals surface area contributed by atoms with Gasteiger partial charge in [-0.1, -0.05) is 5.16 Å². The summed E-state index contributed by atoms with van der Waals surface area (Å²) >= 11 is 0. The zero-order valence-corrected chi connectivity index (χ0v) is 13.8. The van der Waals surface area contributed by atoms with Gasteiger partial charge in [0.25, 0.3) is 5.56 Å². The molecule has 3 rings (SSSR count). The van der Waals surface area contributed by atoms with Crippen molar-refractivity contribution in [2.45, 2.75) is 45.5 Å². The van der Waals surface area contributed by atoms with Crippen molar-refractivity contribution in [1.82, 2.24) is 24.3 Å². The number of nitrogens with one attached hydrogen (secondary N) is 1. The molecule has 0 unspecified atom stereocenters. The van der Waals surface area contributed by atoms with Crippen molar-refractivity contribution in [2.24, 2.45) is 0 Å². The Morgan fingerprint density at radius 1 is 1.27 bits per heavy atom. The van der Waals surface area contributed by atoms with Crippen molar-refractivity contribution in [1.29, 1.82) is 0 Å². The molecule has 26 heavy (non-hydrogen) atoms. The summed E-state index contributed by atoms with van der Waals surface area (Å²) in [7, 11) is 0. The van der Waals surface area contributed by atoms with Crippen LogP contribution in [0.4, 0.5) is 13.2 Å². The van der Waals surface area contributed by atoms with Crippen molar-refractivity contribution in [2.75, 3.05) is 0 Å². The van der Waals surface area contributed by atoms with Crippen LogP contribution in [-0.4, -0.2) is 30.4 Å². The number of nitrogens with zero attached hydrogens (tertiary/aromatic N) is 4. The van der Waals surface area contributed by atoms with E-state index in [2.05, 4.69) is 15.1 Å². The number of aromatic amines is 1. The molecule has 8 nitrogen and oxygen atoms in total. The molecule has 0 saturated carbocycles. The van der Waals surface area contributed by atoms with Crippen LogP contribution in [-0.2, 0) is 19.5 Å². The van der Waals surface area contributed by atoms with E-state index < -0.39 is 24.0 Å². The molecule has 3 aromatic rings. The predicted octanol–water partition coefficient (Wildman–Crippen LogP) is 1.77. The Morgan fingerprint density at radius 3 is 2.69 bits per heavy atom. The van der Waals surface area contributed by atoms with Crippen LogP contribution in [0.5, 0.6) is 0 Å². The fourth-order valence-corrected chi connectivity index (χ4v) is 2.71. The highest BCUT2D eigenvalue weighted by atomic mass is 19.4. The fourth-order valence-electron chi connectivity index (χ4n) is 2.71. The smallest absolute Gasteiger partial charge is 0.361 e. The first-order valence-electron chi connectivity index (χ1n) is 7.91. The minimum absolute atomic E-state index is 0.0778. The molecule has 0 aromatic carbocycles. The number of aryl methyl sites for hydroxylation is 2. The Balaban J connectivity index is 1.78. The average Bonchev–Trinajstić information content (AvgIpc) is 3.11. The number of H-pyrrole nitrogens is 1. The molecular formula is C15H16F3N5O3. The first kappa shape index (κ1) is 18.0. The molecule has 140 valence electrons. The molecule has 0 saturated heterocycles. The van der Waals surface area contributed by atoms with Crippen LogP contribution < -0.4 is 11.2 Å². The van der Waals surface area contributed by atoms with Gasteiger partial charge in [-0.25, -0.2) is 9.78 Å². The van der Waals surface area contributed by atoms with E-state index in [0.717, 1.165) is 16.6 Å². The summed E-state index contributed by atoms with van der Waals surface area (Å²) < 4.78 is 44.5. The Labute approximate surface area is 144 Å². The molecule has 0 radical (unpaired) electrons. The van der Waals surface area contributed by atoms with Gasteiger partial charge in [0.05, 0.1) is 12.0 Å². The van der Waals surface area contributed by atoms with Gasteiger partial charge in [-0.3, -0.25) is 14.3 Å². The van der Waals surface area contributed by atoms with Gasteiger partial charge < -0.3 is 9.09 Å². The zero-order chi connectivity index (χ0) is 18.9. The average molecular weight is 371 g/mol. The summed E-state index contributed by atoms with van der Waals surface area (Å²) in [5.74, 6) is 0.697. The van der Waals surface area contributed by atoms with E-state index in [1.165, 1.54) is 0 Å². The van der Waals surface area contributed by atoms with E-state index in [0.29, 0.717) is 29.6 Å². The molecule has 0 atom stereocenters. The lowest BCUT2D eigenvalue weighted by atomic mass is 10.2. The lowest BCUT2D eigenvalue weighted by molar-refractivity contribution is -0.140.